The minimum Gasteiger partial charge on any atom is -0.445 e. The van der Waals surface area contributed by atoms with Crippen LogP contribution in [0.1, 0.15) is 54.1 Å². The van der Waals surface area contributed by atoms with Gasteiger partial charge in [0.2, 0.25) is 0 Å². The fraction of sp³-hybridized carbons (Fsp3) is 0.435. The van der Waals surface area contributed by atoms with Gasteiger partial charge in [-0.1, -0.05) is 38.1 Å². The molecule has 0 saturated carbocycles. The summed E-state index contributed by atoms with van der Waals surface area (Å²) in [6, 6.07) is 11.6. The average molecular weight is 396 g/mol. The molecule has 154 valence electrons. The highest BCUT2D eigenvalue weighted by atomic mass is 16.6. The van der Waals surface area contributed by atoms with Crippen molar-refractivity contribution in [2.45, 2.75) is 39.2 Å². The molecule has 0 radical (unpaired) electrons. The highest BCUT2D eigenvalue weighted by Crippen LogP contribution is 2.19. The van der Waals surface area contributed by atoms with Crippen LogP contribution in [0.5, 0.6) is 0 Å². The Labute approximate surface area is 172 Å². The molecule has 1 N–H and O–H groups in total. The second kappa shape index (κ2) is 10.0. The number of nitrogens with one attached hydrogen (secondary N) is 1. The van der Waals surface area contributed by atoms with Gasteiger partial charge in [-0.3, -0.25) is 9.78 Å². The number of carbonyl (C=O) groups excluding carboxylic acids is 2. The Bertz CT molecular complexity index is 798. The Morgan fingerprint density at radius 3 is 2.38 bits per heavy atom. The standard InChI is InChI=1S/C23H29N3O3/c1-17(2)20-5-3-19(4-6-20)16-29-23(28)26-13-9-18(10-14-26)15-25-22(27)21-7-11-24-12-8-21/h3-8,11-12,17-18H,9-10,13-16H2,1-2H3,(H,25,27). The number of amides is 2. The van der Waals surface area contributed by atoms with E-state index in [0.717, 1.165) is 18.4 Å². The minimum atomic E-state index is -0.266. The molecule has 0 atom stereocenters. The number of hydrogen-bond acceptors (Lipinski definition) is 4. The smallest absolute Gasteiger partial charge is 0.410 e. The van der Waals surface area contributed by atoms with Gasteiger partial charge >= 0.3 is 6.09 Å². The van der Waals surface area contributed by atoms with Gasteiger partial charge in [0.1, 0.15) is 6.61 Å². The summed E-state index contributed by atoms with van der Waals surface area (Å²) >= 11 is 0. The molecule has 0 unspecified atom stereocenters. The molecule has 0 bridgehead atoms. The van der Waals surface area contributed by atoms with Gasteiger partial charge in [-0.15, -0.1) is 0 Å². The topological polar surface area (TPSA) is 71.5 Å². The molecule has 2 amide bonds. The van der Waals surface area contributed by atoms with Crippen molar-refractivity contribution >= 4 is 12.0 Å². The monoisotopic (exact) mass is 395 g/mol. The lowest BCUT2D eigenvalue weighted by Gasteiger charge is -2.31. The normalized spacial score (nSPS) is 14.7. The van der Waals surface area contributed by atoms with E-state index in [1.54, 1.807) is 29.4 Å². The number of ether oxygens (including phenoxy) is 1. The molecule has 1 saturated heterocycles. The number of aromatic nitrogens is 1. The van der Waals surface area contributed by atoms with E-state index >= 15 is 0 Å². The predicted octanol–water partition coefficient (Wildman–Crippen LogP) is 3.98. The molecule has 1 aliphatic rings. The van der Waals surface area contributed by atoms with Gasteiger partial charge in [0.25, 0.3) is 5.91 Å². The van der Waals surface area contributed by atoms with E-state index < -0.39 is 0 Å². The number of hydrogen-bond donors (Lipinski definition) is 1. The van der Waals surface area contributed by atoms with E-state index in [1.165, 1.54) is 5.56 Å². The summed E-state index contributed by atoms with van der Waals surface area (Å²) in [7, 11) is 0. The lowest BCUT2D eigenvalue weighted by Crippen LogP contribution is -2.41. The Kier molecular flexibility index (Phi) is 7.22. The van der Waals surface area contributed by atoms with Gasteiger partial charge in [-0.05, 0) is 47.9 Å². The van der Waals surface area contributed by atoms with Crippen LogP contribution in [0.25, 0.3) is 0 Å². The summed E-state index contributed by atoms with van der Waals surface area (Å²) in [5, 5.41) is 2.97. The van der Waals surface area contributed by atoms with Crippen molar-refractivity contribution in [3.8, 4) is 0 Å². The summed E-state index contributed by atoms with van der Waals surface area (Å²) in [4.78, 5) is 30.1. The molecule has 6 nitrogen and oxygen atoms in total. The second-order valence-electron chi connectivity index (χ2n) is 7.83. The van der Waals surface area contributed by atoms with Crippen LogP contribution in [0.3, 0.4) is 0 Å². The molecular formula is C23H29N3O3. The van der Waals surface area contributed by atoms with Crippen molar-refractivity contribution in [2.24, 2.45) is 5.92 Å². The predicted molar refractivity (Wildman–Crippen MR) is 112 cm³/mol. The van der Waals surface area contributed by atoms with Crippen molar-refractivity contribution in [2.75, 3.05) is 19.6 Å². The Hall–Kier alpha value is -2.89. The first kappa shape index (κ1) is 20.8. The van der Waals surface area contributed by atoms with Crippen molar-refractivity contribution in [1.29, 1.82) is 0 Å². The van der Waals surface area contributed by atoms with Crippen LogP contribution >= 0.6 is 0 Å². The van der Waals surface area contributed by atoms with E-state index in [4.69, 9.17) is 4.74 Å². The maximum Gasteiger partial charge on any atom is 0.410 e. The van der Waals surface area contributed by atoms with Gasteiger partial charge in [0, 0.05) is 37.6 Å². The SMILES string of the molecule is CC(C)c1ccc(COC(=O)N2CCC(CNC(=O)c3ccncc3)CC2)cc1. The maximum atomic E-state index is 12.3. The van der Waals surface area contributed by atoms with Crippen LogP contribution in [0, 0.1) is 5.92 Å². The van der Waals surface area contributed by atoms with Crippen LogP contribution in [0.4, 0.5) is 4.79 Å². The summed E-state index contributed by atoms with van der Waals surface area (Å²) in [6.07, 6.45) is 4.66. The van der Waals surface area contributed by atoms with Crippen LogP contribution < -0.4 is 5.32 Å². The largest absolute Gasteiger partial charge is 0.445 e. The number of likely N-dealkylation sites (tertiary alicyclic amines) is 1. The third kappa shape index (κ3) is 6.04. The molecule has 0 aliphatic carbocycles. The van der Waals surface area contributed by atoms with Crippen LogP contribution in [0.15, 0.2) is 48.8 Å². The fourth-order valence-corrected chi connectivity index (χ4v) is 3.40. The quantitative estimate of drug-likeness (QED) is 0.803. The zero-order chi connectivity index (χ0) is 20.6. The number of pyridine rings is 1. The van der Waals surface area contributed by atoms with Crippen LogP contribution in [-0.2, 0) is 11.3 Å². The van der Waals surface area contributed by atoms with Gasteiger partial charge in [0.15, 0.2) is 0 Å². The highest BCUT2D eigenvalue weighted by Gasteiger charge is 2.24. The molecule has 29 heavy (non-hydrogen) atoms. The van der Waals surface area contributed by atoms with E-state index in [-0.39, 0.29) is 12.0 Å². The van der Waals surface area contributed by atoms with Gasteiger partial charge in [-0.2, -0.15) is 0 Å². The lowest BCUT2D eigenvalue weighted by atomic mass is 9.97. The molecule has 6 heteroatoms. The molecular weight excluding hydrogens is 366 g/mol. The van der Waals surface area contributed by atoms with Gasteiger partial charge < -0.3 is 15.0 Å². The number of carbonyl (C=O) groups is 2. The molecule has 1 fully saturated rings. The van der Waals surface area contributed by atoms with E-state index in [0.29, 0.717) is 43.6 Å². The number of nitrogens with zero attached hydrogens (tertiary/aromatic N) is 2. The summed E-state index contributed by atoms with van der Waals surface area (Å²) < 4.78 is 5.47. The molecule has 1 aromatic carbocycles. The first-order valence-electron chi connectivity index (χ1n) is 10.2. The summed E-state index contributed by atoms with van der Waals surface area (Å²) in [5.41, 5.74) is 2.89. The highest BCUT2D eigenvalue weighted by molar-refractivity contribution is 5.93. The Morgan fingerprint density at radius 2 is 1.76 bits per heavy atom. The lowest BCUT2D eigenvalue weighted by molar-refractivity contribution is 0.0800. The van der Waals surface area contributed by atoms with Crippen molar-refractivity contribution in [1.82, 2.24) is 15.2 Å². The number of benzene rings is 1. The molecule has 1 aromatic heterocycles. The second-order valence-corrected chi connectivity index (χ2v) is 7.83. The third-order valence-corrected chi connectivity index (χ3v) is 5.38. The van der Waals surface area contributed by atoms with Crippen molar-refractivity contribution in [3.63, 3.8) is 0 Å². The Morgan fingerprint density at radius 1 is 1.10 bits per heavy atom. The minimum absolute atomic E-state index is 0.0854. The van der Waals surface area contributed by atoms with Crippen LogP contribution in [-0.4, -0.2) is 41.5 Å². The molecule has 0 spiro atoms. The first-order valence-corrected chi connectivity index (χ1v) is 10.2. The average Bonchev–Trinajstić information content (AvgIpc) is 2.77. The zero-order valence-electron chi connectivity index (χ0n) is 17.1. The van der Waals surface area contributed by atoms with Crippen molar-refractivity contribution < 1.29 is 14.3 Å². The van der Waals surface area contributed by atoms with Crippen molar-refractivity contribution in [3.05, 3.63) is 65.5 Å². The number of rotatable bonds is 6. The van der Waals surface area contributed by atoms with Crippen LogP contribution in [0.2, 0.25) is 0 Å². The molecule has 2 heterocycles. The zero-order valence-corrected chi connectivity index (χ0v) is 17.1. The van der Waals surface area contributed by atoms with Gasteiger partial charge in [-0.25, -0.2) is 4.79 Å². The first-order chi connectivity index (χ1) is 14.0. The van der Waals surface area contributed by atoms with E-state index in [1.807, 2.05) is 12.1 Å². The van der Waals surface area contributed by atoms with E-state index in [9.17, 15) is 9.59 Å². The molecule has 3 rings (SSSR count). The molecule has 1 aliphatic heterocycles. The Balaban J connectivity index is 1.37. The third-order valence-electron chi connectivity index (χ3n) is 5.38. The van der Waals surface area contributed by atoms with Gasteiger partial charge in [0.05, 0.1) is 0 Å². The maximum absolute atomic E-state index is 12.3. The molecule has 2 aromatic rings. The fourth-order valence-electron chi connectivity index (χ4n) is 3.40. The summed E-state index contributed by atoms with van der Waals surface area (Å²) in [5.74, 6) is 0.772. The number of piperidine rings is 1. The summed E-state index contributed by atoms with van der Waals surface area (Å²) in [6.45, 7) is 6.53. The van der Waals surface area contributed by atoms with E-state index in [2.05, 4.69) is 36.3 Å².